The Bertz CT molecular complexity index is 956. The van der Waals surface area contributed by atoms with Crippen molar-refractivity contribution in [3.05, 3.63) is 77.6 Å². The zero-order valence-electron chi connectivity index (χ0n) is 14.7. The second-order valence-corrected chi connectivity index (χ2v) is 5.58. The van der Waals surface area contributed by atoms with Crippen LogP contribution in [0.1, 0.15) is 42.0 Å². The third-order valence-electron chi connectivity index (χ3n) is 3.73. The Morgan fingerprint density at radius 2 is 1.88 bits per heavy atom. The summed E-state index contributed by atoms with van der Waals surface area (Å²) in [5.41, 5.74) is 2.58. The van der Waals surface area contributed by atoms with Crippen LogP contribution in [0.15, 0.2) is 70.2 Å². The fourth-order valence-corrected chi connectivity index (χ4v) is 2.53. The number of aromatic nitrogens is 2. The van der Waals surface area contributed by atoms with Gasteiger partial charge in [0.1, 0.15) is 5.70 Å². The van der Waals surface area contributed by atoms with Gasteiger partial charge in [-0.15, -0.1) is 0 Å². The highest BCUT2D eigenvalue weighted by atomic mass is 16.5. The molecule has 26 heavy (non-hydrogen) atoms. The number of allylic oxidation sites excluding steroid dienone is 1. The summed E-state index contributed by atoms with van der Waals surface area (Å²) < 4.78 is 5.38. The highest BCUT2D eigenvalue weighted by molar-refractivity contribution is 6.09. The quantitative estimate of drug-likeness (QED) is 0.475. The molecule has 0 atom stereocenters. The van der Waals surface area contributed by atoms with E-state index in [2.05, 4.69) is 15.1 Å². The maximum Gasteiger partial charge on any atom is 0.258 e. The molecule has 5 heteroatoms. The molecule has 0 N–H and O–H groups in total. The SMILES string of the molecule is CC=N/C(=C\CC)c1noc(-c2cccc(C(=O)c3ccccc3)c2)n1. The lowest BCUT2D eigenvalue weighted by molar-refractivity contribution is 0.103. The number of hydrogen-bond acceptors (Lipinski definition) is 5. The summed E-state index contributed by atoms with van der Waals surface area (Å²) in [4.78, 5) is 21.3. The number of ketones is 1. The molecule has 1 heterocycles. The van der Waals surface area contributed by atoms with E-state index in [0.717, 1.165) is 6.42 Å². The lowest BCUT2D eigenvalue weighted by Crippen LogP contribution is -2.00. The summed E-state index contributed by atoms with van der Waals surface area (Å²) in [7, 11) is 0. The molecule has 0 saturated carbocycles. The number of hydrogen-bond donors (Lipinski definition) is 0. The number of aliphatic imine (C=N–C) groups is 1. The van der Waals surface area contributed by atoms with Gasteiger partial charge in [-0.25, -0.2) is 0 Å². The average Bonchev–Trinajstić information content (AvgIpc) is 3.18. The molecular weight excluding hydrogens is 326 g/mol. The third-order valence-corrected chi connectivity index (χ3v) is 3.73. The standard InChI is InChI=1S/C21H19N3O2/c1-3-9-18(22-4-2)20-23-21(26-24-20)17-13-8-12-16(14-17)19(25)15-10-6-5-7-11-15/h4-14H,3H2,1-2H3/b18-9-,22-4?. The number of rotatable bonds is 6. The van der Waals surface area contributed by atoms with E-state index < -0.39 is 0 Å². The molecule has 0 aliphatic rings. The Hall–Kier alpha value is -3.34. The summed E-state index contributed by atoms with van der Waals surface area (Å²) in [5.74, 6) is 0.741. The molecule has 3 rings (SSSR count). The van der Waals surface area contributed by atoms with Crippen molar-refractivity contribution >= 4 is 17.7 Å². The zero-order chi connectivity index (χ0) is 18.4. The van der Waals surface area contributed by atoms with Crippen LogP contribution >= 0.6 is 0 Å². The van der Waals surface area contributed by atoms with Crippen molar-refractivity contribution in [2.75, 3.05) is 0 Å². The molecule has 0 aliphatic heterocycles. The van der Waals surface area contributed by atoms with Crippen molar-refractivity contribution < 1.29 is 9.32 Å². The van der Waals surface area contributed by atoms with Crippen LogP contribution < -0.4 is 0 Å². The van der Waals surface area contributed by atoms with Crippen LogP contribution in [-0.4, -0.2) is 22.1 Å². The van der Waals surface area contributed by atoms with Gasteiger partial charge in [0.25, 0.3) is 5.89 Å². The van der Waals surface area contributed by atoms with E-state index in [1.54, 1.807) is 30.5 Å². The first-order valence-corrected chi connectivity index (χ1v) is 8.46. The first-order valence-electron chi connectivity index (χ1n) is 8.46. The monoisotopic (exact) mass is 345 g/mol. The van der Waals surface area contributed by atoms with Crippen LogP contribution in [0.3, 0.4) is 0 Å². The molecule has 130 valence electrons. The Labute approximate surface area is 152 Å². The van der Waals surface area contributed by atoms with Crippen molar-refractivity contribution in [2.24, 2.45) is 4.99 Å². The van der Waals surface area contributed by atoms with E-state index in [-0.39, 0.29) is 5.78 Å². The Morgan fingerprint density at radius 3 is 2.62 bits per heavy atom. The van der Waals surface area contributed by atoms with Crippen LogP contribution in [0.4, 0.5) is 0 Å². The van der Waals surface area contributed by atoms with E-state index in [4.69, 9.17) is 4.52 Å². The molecule has 0 bridgehead atoms. The molecule has 2 aromatic carbocycles. The van der Waals surface area contributed by atoms with Gasteiger partial charge in [-0.05, 0) is 25.5 Å². The predicted octanol–water partition coefficient (Wildman–Crippen LogP) is 4.81. The second kappa shape index (κ2) is 8.16. The van der Waals surface area contributed by atoms with Crippen LogP contribution in [-0.2, 0) is 0 Å². The van der Waals surface area contributed by atoms with Crippen molar-refractivity contribution in [3.8, 4) is 11.5 Å². The van der Waals surface area contributed by atoms with E-state index in [1.807, 2.05) is 50.3 Å². The van der Waals surface area contributed by atoms with Gasteiger partial charge in [0.05, 0.1) is 0 Å². The molecule has 0 unspecified atom stereocenters. The van der Waals surface area contributed by atoms with Gasteiger partial charge < -0.3 is 4.52 Å². The summed E-state index contributed by atoms with van der Waals surface area (Å²) in [6.07, 6.45) is 4.44. The summed E-state index contributed by atoms with van der Waals surface area (Å²) >= 11 is 0. The Balaban J connectivity index is 1.92. The molecule has 5 nitrogen and oxygen atoms in total. The molecule has 0 saturated heterocycles. The molecule has 0 fully saturated rings. The molecular formula is C21H19N3O2. The maximum atomic E-state index is 12.6. The van der Waals surface area contributed by atoms with Gasteiger partial charge in [0, 0.05) is 22.9 Å². The highest BCUT2D eigenvalue weighted by Crippen LogP contribution is 2.23. The van der Waals surface area contributed by atoms with Gasteiger partial charge in [0.2, 0.25) is 5.82 Å². The summed E-state index contributed by atoms with van der Waals surface area (Å²) in [6, 6.07) is 16.4. The Kier molecular flexibility index (Phi) is 5.49. The summed E-state index contributed by atoms with van der Waals surface area (Å²) in [6.45, 7) is 3.86. The minimum absolute atomic E-state index is 0.0469. The van der Waals surface area contributed by atoms with Gasteiger partial charge in [-0.3, -0.25) is 9.79 Å². The van der Waals surface area contributed by atoms with Crippen LogP contribution in [0.5, 0.6) is 0 Å². The van der Waals surface area contributed by atoms with Gasteiger partial charge >= 0.3 is 0 Å². The topological polar surface area (TPSA) is 68.3 Å². The minimum atomic E-state index is -0.0469. The van der Waals surface area contributed by atoms with Crippen LogP contribution in [0.2, 0.25) is 0 Å². The number of nitrogens with zero attached hydrogens (tertiary/aromatic N) is 3. The zero-order valence-corrected chi connectivity index (χ0v) is 14.7. The normalized spacial score (nSPS) is 11.8. The van der Waals surface area contributed by atoms with Crippen LogP contribution in [0, 0.1) is 0 Å². The van der Waals surface area contributed by atoms with Crippen molar-refractivity contribution in [2.45, 2.75) is 20.3 Å². The maximum absolute atomic E-state index is 12.6. The van der Waals surface area contributed by atoms with E-state index in [0.29, 0.717) is 34.1 Å². The molecule has 3 aromatic rings. The smallest absolute Gasteiger partial charge is 0.258 e. The van der Waals surface area contributed by atoms with E-state index in [9.17, 15) is 4.79 Å². The van der Waals surface area contributed by atoms with Gasteiger partial charge in [0.15, 0.2) is 5.78 Å². The van der Waals surface area contributed by atoms with Crippen LogP contribution in [0.25, 0.3) is 17.2 Å². The first kappa shape index (κ1) is 17.5. The van der Waals surface area contributed by atoms with E-state index in [1.165, 1.54) is 0 Å². The molecule has 0 amide bonds. The fraction of sp³-hybridized carbons (Fsp3) is 0.143. The second-order valence-electron chi connectivity index (χ2n) is 5.58. The molecule has 0 radical (unpaired) electrons. The van der Waals surface area contributed by atoms with Crippen molar-refractivity contribution in [1.29, 1.82) is 0 Å². The largest absolute Gasteiger partial charge is 0.334 e. The molecule has 1 aromatic heterocycles. The lowest BCUT2D eigenvalue weighted by atomic mass is 10.0. The molecule has 0 spiro atoms. The number of carbonyl (C=O) groups is 1. The van der Waals surface area contributed by atoms with Gasteiger partial charge in [-0.1, -0.05) is 60.6 Å². The predicted molar refractivity (Wildman–Crippen MR) is 102 cm³/mol. The van der Waals surface area contributed by atoms with Crippen molar-refractivity contribution in [3.63, 3.8) is 0 Å². The van der Waals surface area contributed by atoms with Crippen molar-refractivity contribution in [1.82, 2.24) is 10.1 Å². The lowest BCUT2D eigenvalue weighted by Gasteiger charge is -2.02. The first-order chi connectivity index (χ1) is 12.7. The number of benzene rings is 2. The fourth-order valence-electron chi connectivity index (χ4n) is 2.53. The third kappa shape index (κ3) is 3.83. The van der Waals surface area contributed by atoms with Gasteiger partial charge in [-0.2, -0.15) is 4.98 Å². The average molecular weight is 345 g/mol. The Morgan fingerprint density at radius 1 is 1.12 bits per heavy atom. The highest BCUT2D eigenvalue weighted by Gasteiger charge is 2.14. The molecule has 0 aliphatic carbocycles. The number of carbonyl (C=O) groups excluding carboxylic acids is 1. The van der Waals surface area contributed by atoms with E-state index >= 15 is 0 Å². The minimum Gasteiger partial charge on any atom is -0.334 e. The summed E-state index contributed by atoms with van der Waals surface area (Å²) in [5, 5.41) is 4.01.